The Morgan fingerprint density at radius 1 is 1.33 bits per heavy atom. The number of non-ortho nitro benzene ring substituents is 1. The molecule has 1 aromatic carbocycles. The Labute approximate surface area is 158 Å². The maximum Gasteiger partial charge on any atom is 0.271 e. The fourth-order valence-corrected chi connectivity index (χ4v) is 3.64. The van der Waals surface area contributed by atoms with Gasteiger partial charge in [-0.1, -0.05) is 33.1 Å². The van der Waals surface area contributed by atoms with Gasteiger partial charge in [-0.25, -0.2) is 0 Å². The number of anilines is 1. The molecule has 146 valence electrons. The summed E-state index contributed by atoms with van der Waals surface area (Å²) in [6, 6.07) is 4.25. The Kier molecular flexibility index (Phi) is 5.62. The number of carbonyl (C=O) groups is 2. The second-order valence-electron chi connectivity index (χ2n) is 7.52. The summed E-state index contributed by atoms with van der Waals surface area (Å²) in [6.45, 7) is 3.55. The van der Waals surface area contributed by atoms with Crippen LogP contribution >= 0.6 is 0 Å². The summed E-state index contributed by atoms with van der Waals surface area (Å²) < 4.78 is 5.76. The Balaban J connectivity index is 1.84. The number of nitro groups is 1. The van der Waals surface area contributed by atoms with E-state index in [2.05, 4.69) is 5.32 Å². The summed E-state index contributed by atoms with van der Waals surface area (Å²) in [5.74, 6) is -0.317. The van der Waals surface area contributed by atoms with Crippen molar-refractivity contribution in [2.24, 2.45) is 5.92 Å². The van der Waals surface area contributed by atoms with E-state index in [4.69, 9.17) is 4.74 Å². The largest absolute Gasteiger partial charge is 0.478 e. The van der Waals surface area contributed by atoms with E-state index in [0.717, 1.165) is 25.7 Å². The van der Waals surface area contributed by atoms with Gasteiger partial charge in [0.15, 0.2) is 6.10 Å². The van der Waals surface area contributed by atoms with Crippen LogP contribution in [0.25, 0.3) is 0 Å². The van der Waals surface area contributed by atoms with Crippen LogP contribution in [0.4, 0.5) is 11.4 Å². The molecule has 0 radical (unpaired) electrons. The topological polar surface area (TPSA) is 102 Å². The first kappa shape index (κ1) is 19.1. The molecule has 8 nitrogen and oxygen atoms in total. The molecule has 1 aliphatic carbocycles. The summed E-state index contributed by atoms with van der Waals surface area (Å²) in [5.41, 5.74) is 0.121. The number of benzene rings is 1. The summed E-state index contributed by atoms with van der Waals surface area (Å²) >= 11 is 0. The molecule has 1 unspecified atom stereocenters. The molecular formula is C19H25N3O5. The molecule has 1 saturated carbocycles. The van der Waals surface area contributed by atoms with Crippen molar-refractivity contribution in [1.29, 1.82) is 0 Å². The molecule has 0 saturated heterocycles. The lowest BCUT2D eigenvalue weighted by Crippen LogP contribution is -2.52. The molecule has 3 rings (SSSR count). The van der Waals surface area contributed by atoms with Crippen molar-refractivity contribution < 1.29 is 19.2 Å². The Morgan fingerprint density at radius 2 is 2.04 bits per heavy atom. The fraction of sp³-hybridized carbons (Fsp3) is 0.579. The number of ether oxygens (including phenoxy) is 1. The smallest absolute Gasteiger partial charge is 0.271 e. The fourth-order valence-electron chi connectivity index (χ4n) is 3.64. The molecule has 1 heterocycles. The van der Waals surface area contributed by atoms with Crippen LogP contribution in [0.15, 0.2) is 18.2 Å². The van der Waals surface area contributed by atoms with Crippen LogP contribution < -0.4 is 15.0 Å². The van der Waals surface area contributed by atoms with Crippen molar-refractivity contribution in [3.8, 4) is 5.75 Å². The predicted molar refractivity (Wildman–Crippen MR) is 99.7 cm³/mol. The molecule has 2 amide bonds. The average Bonchev–Trinajstić information content (AvgIpc) is 2.63. The molecule has 1 atom stereocenters. The molecule has 1 fully saturated rings. The van der Waals surface area contributed by atoms with Crippen molar-refractivity contribution in [2.45, 2.75) is 58.1 Å². The molecule has 0 bridgehead atoms. The quantitative estimate of drug-likeness (QED) is 0.630. The van der Waals surface area contributed by atoms with Gasteiger partial charge in [0.05, 0.1) is 10.6 Å². The molecule has 27 heavy (non-hydrogen) atoms. The molecule has 1 aliphatic heterocycles. The molecule has 2 aliphatic rings. The maximum absolute atomic E-state index is 12.9. The number of rotatable bonds is 5. The number of nitro benzene ring substituents is 1. The summed E-state index contributed by atoms with van der Waals surface area (Å²) in [5, 5.41) is 14.1. The number of amides is 2. The number of fused-ring (bicyclic) bond motifs is 1. The van der Waals surface area contributed by atoms with Crippen LogP contribution in [0, 0.1) is 16.0 Å². The van der Waals surface area contributed by atoms with Crippen LogP contribution in [0.2, 0.25) is 0 Å². The minimum Gasteiger partial charge on any atom is -0.478 e. The SMILES string of the molecule is CC(C)C1Oc2ccc([N+](=O)[O-])cc2N(CC(=O)NC2CCCCC2)C1=O. The first-order valence-corrected chi connectivity index (χ1v) is 9.42. The van der Waals surface area contributed by atoms with E-state index in [0.29, 0.717) is 5.75 Å². The van der Waals surface area contributed by atoms with Gasteiger partial charge in [0.2, 0.25) is 5.91 Å². The van der Waals surface area contributed by atoms with E-state index in [1.807, 2.05) is 13.8 Å². The Morgan fingerprint density at radius 3 is 2.67 bits per heavy atom. The zero-order valence-electron chi connectivity index (χ0n) is 15.6. The molecule has 8 heteroatoms. The summed E-state index contributed by atoms with van der Waals surface area (Å²) in [6.07, 6.45) is 4.53. The van der Waals surface area contributed by atoms with Gasteiger partial charge in [0.25, 0.3) is 11.6 Å². The van der Waals surface area contributed by atoms with Crippen molar-refractivity contribution in [3.05, 3.63) is 28.3 Å². The van der Waals surface area contributed by atoms with Gasteiger partial charge in [-0.15, -0.1) is 0 Å². The van der Waals surface area contributed by atoms with Crippen LogP contribution in [-0.4, -0.2) is 35.4 Å². The first-order chi connectivity index (χ1) is 12.9. The molecule has 1 N–H and O–H groups in total. The lowest BCUT2D eigenvalue weighted by Gasteiger charge is -2.35. The standard InChI is InChI=1S/C19H25N3O5/c1-12(2)18-19(24)21(11-17(23)20-13-6-4-3-5-7-13)15-10-14(22(25)26)8-9-16(15)27-18/h8-10,12-13,18H,3-7,11H2,1-2H3,(H,20,23). The van der Waals surface area contributed by atoms with E-state index in [1.165, 1.54) is 29.5 Å². The van der Waals surface area contributed by atoms with Gasteiger partial charge < -0.3 is 10.1 Å². The van der Waals surface area contributed by atoms with Gasteiger partial charge in [0.1, 0.15) is 12.3 Å². The number of hydrogen-bond donors (Lipinski definition) is 1. The van der Waals surface area contributed by atoms with Gasteiger partial charge in [-0.05, 0) is 24.8 Å². The molecule has 1 aromatic rings. The van der Waals surface area contributed by atoms with Crippen LogP contribution in [0.1, 0.15) is 46.0 Å². The normalized spacial score (nSPS) is 20.2. The first-order valence-electron chi connectivity index (χ1n) is 9.42. The van der Waals surface area contributed by atoms with Gasteiger partial charge in [-0.2, -0.15) is 0 Å². The molecule has 0 spiro atoms. The summed E-state index contributed by atoms with van der Waals surface area (Å²) in [4.78, 5) is 37.3. The average molecular weight is 375 g/mol. The number of nitrogens with one attached hydrogen (secondary N) is 1. The highest BCUT2D eigenvalue weighted by Gasteiger charge is 2.38. The van der Waals surface area contributed by atoms with Gasteiger partial charge in [0, 0.05) is 18.2 Å². The lowest BCUT2D eigenvalue weighted by atomic mass is 9.95. The highest BCUT2D eigenvalue weighted by atomic mass is 16.6. The van der Waals surface area contributed by atoms with E-state index < -0.39 is 11.0 Å². The van der Waals surface area contributed by atoms with E-state index in [1.54, 1.807) is 0 Å². The predicted octanol–water partition coefficient (Wildman–Crippen LogP) is 2.79. The number of hydrogen-bond acceptors (Lipinski definition) is 5. The third-order valence-electron chi connectivity index (χ3n) is 5.08. The van der Waals surface area contributed by atoms with Gasteiger partial charge >= 0.3 is 0 Å². The van der Waals surface area contributed by atoms with Crippen LogP contribution in [-0.2, 0) is 9.59 Å². The van der Waals surface area contributed by atoms with Crippen molar-refractivity contribution in [1.82, 2.24) is 5.32 Å². The van der Waals surface area contributed by atoms with Crippen molar-refractivity contribution in [2.75, 3.05) is 11.4 Å². The molecule has 0 aromatic heterocycles. The van der Waals surface area contributed by atoms with Gasteiger partial charge in [-0.3, -0.25) is 24.6 Å². The zero-order chi connectivity index (χ0) is 19.6. The minimum atomic E-state index is -0.721. The van der Waals surface area contributed by atoms with Crippen molar-refractivity contribution >= 4 is 23.2 Å². The van der Waals surface area contributed by atoms with Crippen LogP contribution in [0.3, 0.4) is 0 Å². The van der Waals surface area contributed by atoms with E-state index in [-0.39, 0.29) is 41.7 Å². The monoisotopic (exact) mass is 375 g/mol. The minimum absolute atomic E-state index is 0.0928. The third kappa shape index (κ3) is 4.20. The third-order valence-corrected chi connectivity index (χ3v) is 5.08. The maximum atomic E-state index is 12.9. The molecular weight excluding hydrogens is 350 g/mol. The van der Waals surface area contributed by atoms with Crippen molar-refractivity contribution in [3.63, 3.8) is 0 Å². The zero-order valence-corrected chi connectivity index (χ0v) is 15.6. The Bertz CT molecular complexity index is 743. The Hall–Kier alpha value is -2.64. The number of carbonyl (C=O) groups excluding carboxylic acids is 2. The van der Waals surface area contributed by atoms with Crippen LogP contribution in [0.5, 0.6) is 5.75 Å². The highest BCUT2D eigenvalue weighted by molar-refractivity contribution is 6.04. The second kappa shape index (κ2) is 7.94. The van der Waals surface area contributed by atoms with E-state index in [9.17, 15) is 19.7 Å². The van der Waals surface area contributed by atoms with E-state index >= 15 is 0 Å². The lowest BCUT2D eigenvalue weighted by molar-refractivity contribution is -0.384. The highest BCUT2D eigenvalue weighted by Crippen LogP contribution is 2.38. The summed E-state index contributed by atoms with van der Waals surface area (Å²) in [7, 11) is 0. The second-order valence-corrected chi connectivity index (χ2v) is 7.52. The number of nitrogens with zero attached hydrogens (tertiary/aromatic N) is 2.